The van der Waals surface area contributed by atoms with E-state index >= 15 is 0 Å². The Morgan fingerprint density at radius 2 is 1.45 bits per heavy atom. The van der Waals surface area contributed by atoms with Crippen LogP contribution in [0.3, 0.4) is 0 Å². The first-order chi connectivity index (χ1) is 14.9. The first-order valence-electron chi connectivity index (χ1n) is 10.1. The second-order valence-corrected chi connectivity index (χ2v) is 7.26. The van der Waals surface area contributed by atoms with Crippen LogP contribution in [0.4, 0.5) is 0 Å². The molecule has 162 valence electrons. The fraction of sp³-hybridized carbons (Fsp3) is 0.280. The molecule has 0 N–H and O–H groups in total. The second kappa shape index (κ2) is 9.98. The zero-order chi connectivity index (χ0) is 22.4. The fourth-order valence-electron chi connectivity index (χ4n) is 3.48. The van der Waals surface area contributed by atoms with E-state index in [-0.39, 0.29) is 12.4 Å². The highest BCUT2D eigenvalue weighted by Gasteiger charge is 2.18. The number of rotatable bonds is 9. The Morgan fingerprint density at radius 1 is 0.871 bits per heavy atom. The molecule has 0 saturated carbocycles. The van der Waals surface area contributed by atoms with Crippen LogP contribution in [0, 0.1) is 13.8 Å². The topological polar surface area (TPSA) is 66.8 Å². The van der Waals surface area contributed by atoms with Gasteiger partial charge in [-0.3, -0.25) is 4.79 Å². The number of esters is 1. The number of ketones is 1. The molecular weight excluding hydrogens is 394 g/mol. The number of aryl methyl sites for hydroxylation is 2. The molecule has 6 nitrogen and oxygen atoms in total. The Labute approximate surface area is 182 Å². The predicted molar refractivity (Wildman–Crippen MR) is 118 cm³/mol. The molecule has 0 aliphatic heterocycles. The largest absolute Gasteiger partial charge is 0.497 e. The predicted octanol–water partition coefficient (Wildman–Crippen LogP) is 4.40. The van der Waals surface area contributed by atoms with E-state index < -0.39 is 5.97 Å². The first-order valence-corrected chi connectivity index (χ1v) is 10.1. The minimum absolute atomic E-state index is 0.217. The van der Waals surface area contributed by atoms with Crippen molar-refractivity contribution in [1.82, 2.24) is 4.57 Å². The van der Waals surface area contributed by atoms with Crippen molar-refractivity contribution in [3.05, 3.63) is 82.7 Å². The van der Waals surface area contributed by atoms with E-state index in [1.54, 1.807) is 38.5 Å². The maximum Gasteiger partial charge on any atom is 0.338 e. The van der Waals surface area contributed by atoms with Gasteiger partial charge in [-0.2, -0.15) is 0 Å². The summed E-state index contributed by atoms with van der Waals surface area (Å²) in [6.45, 7) is 4.34. The molecule has 0 atom stereocenters. The third-order valence-corrected chi connectivity index (χ3v) is 5.32. The number of methoxy groups -OCH3 is 2. The molecule has 1 aromatic heterocycles. The maximum atomic E-state index is 12.7. The van der Waals surface area contributed by atoms with E-state index in [1.165, 1.54) is 5.56 Å². The molecule has 6 heteroatoms. The average Bonchev–Trinajstić information content (AvgIpc) is 3.09. The van der Waals surface area contributed by atoms with Crippen LogP contribution in [0.25, 0.3) is 0 Å². The molecule has 3 rings (SSSR count). The number of hydrogen-bond acceptors (Lipinski definition) is 5. The van der Waals surface area contributed by atoms with Crippen LogP contribution in [0.2, 0.25) is 0 Å². The summed E-state index contributed by atoms with van der Waals surface area (Å²) in [6, 6.07) is 16.4. The Kier molecular flexibility index (Phi) is 7.13. The summed E-state index contributed by atoms with van der Waals surface area (Å²) >= 11 is 0. The van der Waals surface area contributed by atoms with Gasteiger partial charge in [0.1, 0.15) is 11.5 Å². The van der Waals surface area contributed by atoms with E-state index in [0.717, 1.165) is 30.1 Å². The quantitative estimate of drug-likeness (QED) is 0.378. The van der Waals surface area contributed by atoms with E-state index in [0.29, 0.717) is 16.9 Å². The van der Waals surface area contributed by atoms with Gasteiger partial charge in [0.2, 0.25) is 5.78 Å². The van der Waals surface area contributed by atoms with Crippen LogP contribution in [0.5, 0.6) is 11.5 Å². The van der Waals surface area contributed by atoms with Crippen molar-refractivity contribution in [2.24, 2.45) is 0 Å². The molecule has 0 amide bonds. The number of aromatic nitrogens is 1. The normalized spacial score (nSPS) is 10.6. The number of hydrogen-bond donors (Lipinski definition) is 0. The summed E-state index contributed by atoms with van der Waals surface area (Å²) in [6.07, 6.45) is 0.834. The van der Waals surface area contributed by atoms with Crippen LogP contribution >= 0.6 is 0 Å². The summed E-state index contributed by atoms with van der Waals surface area (Å²) in [5.41, 5.74) is 4.01. The molecule has 0 aliphatic rings. The van der Waals surface area contributed by atoms with Gasteiger partial charge >= 0.3 is 5.97 Å². The standard InChI is InChI=1S/C25H27NO5/c1-17-15-23(18(2)26(17)14-13-19-5-9-21(29-3)10-6-19)24(27)16-31-25(28)20-7-11-22(30-4)12-8-20/h5-12,15H,13-14,16H2,1-4H3. The molecule has 2 aromatic carbocycles. The average molecular weight is 421 g/mol. The second-order valence-electron chi connectivity index (χ2n) is 7.26. The third kappa shape index (κ3) is 5.34. The summed E-state index contributed by atoms with van der Waals surface area (Å²) in [5, 5.41) is 0. The number of benzene rings is 2. The van der Waals surface area contributed by atoms with Crippen molar-refractivity contribution in [3.63, 3.8) is 0 Å². The van der Waals surface area contributed by atoms with Gasteiger partial charge in [-0.1, -0.05) is 12.1 Å². The zero-order valence-electron chi connectivity index (χ0n) is 18.3. The van der Waals surface area contributed by atoms with Gasteiger partial charge in [0, 0.05) is 23.5 Å². The van der Waals surface area contributed by atoms with Crippen LogP contribution in [0.1, 0.15) is 37.7 Å². The van der Waals surface area contributed by atoms with Crippen molar-refractivity contribution in [2.75, 3.05) is 20.8 Å². The van der Waals surface area contributed by atoms with E-state index in [9.17, 15) is 9.59 Å². The molecule has 0 unspecified atom stereocenters. The maximum absolute atomic E-state index is 12.7. The Hall–Kier alpha value is -3.54. The number of ether oxygens (including phenoxy) is 3. The lowest BCUT2D eigenvalue weighted by Gasteiger charge is -2.10. The summed E-state index contributed by atoms with van der Waals surface area (Å²) in [4.78, 5) is 24.9. The summed E-state index contributed by atoms with van der Waals surface area (Å²) < 4.78 is 17.6. The van der Waals surface area contributed by atoms with Gasteiger partial charge in [0.15, 0.2) is 6.61 Å². The SMILES string of the molecule is COc1ccc(CCn2c(C)cc(C(=O)COC(=O)c3ccc(OC)cc3)c2C)cc1. The molecule has 0 fully saturated rings. The molecule has 0 saturated heterocycles. The zero-order valence-corrected chi connectivity index (χ0v) is 18.3. The number of carbonyl (C=O) groups excluding carboxylic acids is 2. The molecule has 3 aromatic rings. The van der Waals surface area contributed by atoms with Crippen LogP contribution < -0.4 is 9.47 Å². The van der Waals surface area contributed by atoms with Crippen LogP contribution in [0.15, 0.2) is 54.6 Å². The highest BCUT2D eigenvalue weighted by Crippen LogP contribution is 2.19. The van der Waals surface area contributed by atoms with Gasteiger partial charge in [0.25, 0.3) is 0 Å². The highest BCUT2D eigenvalue weighted by atomic mass is 16.5. The van der Waals surface area contributed by atoms with Crippen molar-refractivity contribution in [1.29, 1.82) is 0 Å². The van der Waals surface area contributed by atoms with Gasteiger partial charge in [-0.15, -0.1) is 0 Å². The van der Waals surface area contributed by atoms with Crippen molar-refractivity contribution in [3.8, 4) is 11.5 Å². The monoisotopic (exact) mass is 421 g/mol. The number of carbonyl (C=O) groups is 2. The van der Waals surface area contributed by atoms with E-state index in [4.69, 9.17) is 14.2 Å². The van der Waals surface area contributed by atoms with Crippen LogP contribution in [-0.4, -0.2) is 37.1 Å². The van der Waals surface area contributed by atoms with Gasteiger partial charge in [-0.25, -0.2) is 4.79 Å². The Morgan fingerprint density at radius 3 is 2.03 bits per heavy atom. The molecular formula is C25H27NO5. The molecule has 0 radical (unpaired) electrons. The van der Waals surface area contributed by atoms with Crippen molar-refractivity contribution >= 4 is 11.8 Å². The lowest BCUT2D eigenvalue weighted by molar-refractivity contribution is 0.0474. The van der Waals surface area contributed by atoms with Gasteiger partial charge in [-0.05, 0) is 68.3 Å². The third-order valence-electron chi connectivity index (χ3n) is 5.32. The van der Waals surface area contributed by atoms with E-state index in [2.05, 4.69) is 4.57 Å². The van der Waals surface area contributed by atoms with Crippen LogP contribution in [-0.2, 0) is 17.7 Å². The van der Waals surface area contributed by atoms with Crippen molar-refractivity contribution in [2.45, 2.75) is 26.8 Å². The molecule has 31 heavy (non-hydrogen) atoms. The van der Waals surface area contributed by atoms with Gasteiger partial charge in [0.05, 0.1) is 19.8 Å². The lowest BCUT2D eigenvalue weighted by Crippen LogP contribution is -2.15. The Bertz CT molecular complexity index is 1050. The lowest BCUT2D eigenvalue weighted by atomic mass is 10.1. The smallest absolute Gasteiger partial charge is 0.338 e. The highest BCUT2D eigenvalue weighted by molar-refractivity contribution is 6.00. The fourth-order valence-corrected chi connectivity index (χ4v) is 3.48. The minimum atomic E-state index is -0.538. The Balaban J connectivity index is 1.61. The molecule has 0 spiro atoms. The minimum Gasteiger partial charge on any atom is -0.497 e. The summed E-state index contributed by atoms with van der Waals surface area (Å²) in [5.74, 6) is 0.721. The van der Waals surface area contributed by atoms with Gasteiger partial charge < -0.3 is 18.8 Å². The molecule has 0 bridgehead atoms. The first kappa shape index (κ1) is 22.2. The molecule has 0 aliphatic carbocycles. The number of Topliss-reactive ketones (excluding diaryl/α,β-unsaturated/α-hetero) is 1. The summed E-state index contributed by atoms with van der Waals surface area (Å²) in [7, 11) is 3.20. The number of nitrogens with zero attached hydrogens (tertiary/aromatic N) is 1. The molecule has 1 heterocycles. The van der Waals surface area contributed by atoms with Crippen molar-refractivity contribution < 1.29 is 23.8 Å². The van der Waals surface area contributed by atoms with E-state index in [1.807, 2.05) is 44.2 Å².